The molecule has 0 aliphatic heterocycles. The first kappa shape index (κ1) is 20.2. The van der Waals surface area contributed by atoms with Gasteiger partial charge in [-0.05, 0) is 110 Å². The maximum absolute atomic E-state index is 14.8. The van der Waals surface area contributed by atoms with Gasteiger partial charge < -0.3 is 0 Å². The minimum absolute atomic E-state index is 0.180. The van der Waals surface area contributed by atoms with Gasteiger partial charge in [0.2, 0.25) is 0 Å². The Kier molecular flexibility index (Phi) is 5.64. The number of halogens is 3. The zero-order valence-corrected chi connectivity index (χ0v) is 17.0. The van der Waals surface area contributed by atoms with Crippen LogP contribution in [0.15, 0.2) is 36.4 Å². The van der Waals surface area contributed by atoms with Crippen LogP contribution >= 0.6 is 0 Å². The third kappa shape index (κ3) is 3.84. The summed E-state index contributed by atoms with van der Waals surface area (Å²) in [5.74, 6) is -0.898. The summed E-state index contributed by atoms with van der Waals surface area (Å²) in [6.07, 6.45) is 1.05. The average molecular weight is 382 g/mol. The first-order chi connectivity index (χ1) is 13.2. The van der Waals surface area contributed by atoms with Crippen molar-refractivity contribution in [3.05, 3.63) is 92.8 Å². The van der Waals surface area contributed by atoms with Gasteiger partial charge in [-0.1, -0.05) is 18.2 Å². The molecule has 3 rings (SSSR count). The fourth-order valence-electron chi connectivity index (χ4n) is 3.49. The normalized spacial score (nSPS) is 11.1. The number of rotatable bonds is 4. The molecule has 0 bridgehead atoms. The van der Waals surface area contributed by atoms with Crippen LogP contribution in [0.3, 0.4) is 0 Å². The van der Waals surface area contributed by atoms with Crippen molar-refractivity contribution in [3.8, 4) is 11.1 Å². The van der Waals surface area contributed by atoms with E-state index in [1.54, 1.807) is 32.0 Å². The van der Waals surface area contributed by atoms with Crippen LogP contribution in [0.1, 0.15) is 38.9 Å². The van der Waals surface area contributed by atoms with Gasteiger partial charge in [-0.3, -0.25) is 0 Å². The maximum Gasteiger partial charge on any atom is 0.131 e. The van der Waals surface area contributed by atoms with Crippen molar-refractivity contribution in [3.63, 3.8) is 0 Å². The fourth-order valence-corrected chi connectivity index (χ4v) is 3.49. The Morgan fingerprint density at radius 2 is 1.29 bits per heavy atom. The van der Waals surface area contributed by atoms with Crippen molar-refractivity contribution in [2.75, 3.05) is 0 Å². The van der Waals surface area contributed by atoms with Gasteiger partial charge in [0.25, 0.3) is 0 Å². The summed E-state index contributed by atoms with van der Waals surface area (Å²) >= 11 is 0. The monoisotopic (exact) mass is 382 g/mol. The van der Waals surface area contributed by atoms with E-state index in [1.165, 1.54) is 12.1 Å². The first-order valence-corrected chi connectivity index (χ1v) is 9.49. The topological polar surface area (TPSA) is 0 Å². The second-order valence-corrected chi connectivity index (χ2v) is 7.64. The maximum atomic E-state index is 14.8. The highest BCUT2D eigenvalue weighted by Crippen LogP contribution is 2.30. The molecule has 0 aliphatic rings. The van der Waals surface area contributed by atoms with Crippen molar-refractivity contribution in [1.82, 2.24) is 0 Å². The molecule has 0 spiro atoms. The lowest BCUT2D eigenvalue weighted by Gasteiger charge is -2.13. The van der Waals surface area contributed by atoms with Gasteiger partial charge in [-0.2, -0.15) is 0 Å². The molecule has 0 nitrogen and oxygen atoms in total. The molecule has 0 heterocycles. The van der Waals surface area contributed by atoms with Gasteiger partial charge in [0.1, 0.15) is 17.5 Å². The third-order valence-corrected chi connectivity index (χ3v) is 5.74. The zero-order valence-electron chi connectivity index (χ0n) is 17.0. The fraction of sp³-hybridized carbons (Fsp3) is 0.280. The predicted octanol–water partition coefficient (Wildman–Crippen LogP) is 7.10. The van der Waals surface area contributed by atoms with Gasteiger partial charge in [0.15, 0.2) is 0 Å². The van der Waals surface area contributed by atoms with E-state index in [9.17, 15) is 13.2 Å². The van der Waals surface area contributed by atoms with Gasteiger partial charge in [0.05, 0.1) is 0 Å². The number of benzene rings is 3. The lowest BCUT2D eigenvalue weighted by Crippen LogP contribution is -2.01. The molecular weight excluding hydrogens is 357 g/mol. The van der Waals surface area contributed by atoms with E-state index in [0.29, 0.717) is 40.7 Å². The summed E-state index contributed by atoms with van der Waals surface area (Å²) in [4.78, 5) is 0. The predicted molar refractivity (Wildman–Crippen MR) is 109 cm³/mol. The summed E-state index contributed by atoms with van der Waals surface area (Å²) in [6.45, 7) is 9.10. The summed E-state index contributed by atoms with van der Waals surface area (Å²) in [5, 5.41) is 0. The van der Waals surface area contributed by atoms with Crippen LogP contribution < -0.4 is 0 Å². The number of hydrogen-bond acceptors (Lipinski definition) is 0. The molecule has 0 saturated heterocycles. The number of hydrogen-bond donors (Lipinski definition) is 0. The van der Waals surface area contributed by atoms with Crippen molar-refractivity contribution < 1.29 is 13.2 Å². The minimum Gasteiger partial charge on any atom is -0.207 e. The molecule has 146 valence electrons. The lowest BCUT2D eigenvalue weighted by atomic mass is 9.93. The van der Waals surface area contributed by atoms with Crippen molar-refractivity contribution in [1.29, 1.82) is 0 Å². The van der Waals surface area contributed by atoms with Crippen LogP contribution in [-0.2, 0) is 12.8 Å². The molecule has 0 radical (unpaired) electrons. The molecule has 0 aliphatic carbocycles. The quantitative estimate of drug-likeness (QED) is 0.451. The van der Waals surface area contributed by atoms with Crippen molar-refractivity contribution in [2.45, 2.75) is 47.5 Å². The summed E-state index contributed by atoms with van der Waals surface area (Å²) in [7, 11) is 0. The third-order valence-electron chi connectivity index (χ3n) is 5.74. The molecule has 3 aromatic rings. The molecular formula is C25H25F3. The molecule has 28 heavy (non-hydrogen) atoms. The SMILES string of the molecule is Cc1cc(-c2cc(C)c(C)c(F)c2)c(F)cc1CCc1ccc(C)c(C)c1F. The minimum atomic E-state index is -0.385. The molecule has 3 heteroatoms. The Morgan fingerprint density at radius 3 is 1.96 bits per heavy atom. The zero-order chi connectivity index (χ0) is 20.6. The molecule has 0 aromatic heterocycles. The molecule has 0 unspecified atom stereocenters. The second kappa shape index (κ2) is 7.83. The van der Waals surface area contributed by atoms with Crippen LogP contribution in [-0.4, -0.2) is 0 Å². The Balaban J connectivity index is 1.90. The van der Waals surface area contributed by atoms with E-state index in [-0.39, 0.29) is 17.5 Å². The second-order valence-electron chi connectivity index (χ2n) is 7.64. The van der Waals surface area contributed by atoms with Gasteiger partial charge in [0, 0.05) is 5.56 Å². The first-order valence-electron chi connectivity index (χ1n) is 9.49. The lowest BCUT2D eigenvalue weighted by molar-refractivity contribution is 0.597. The summed E-state index contributed by atoms with van der Waals surface area (Å²) in [5.41, 5.74) is 6.27. The Labute approximate surface area is 165 Å². The van der Waals surface area contributed by atoms with Crippen LogP contribution in [0.4, 0.5) is 13.2 Å². The van der Waals surface area contributed by atoms with E-state index in [1.807, 2.05) is 26.8 Å². The summed E-state index contributed by atoms with van der Waals surface area (Å²) in [6, 6.07) is 10.2. The smallest absolute Gasteiger partial charge is 0.131 e. The average Bonchev–Trinajstić information content (AvgIpc) is 2.65. The Bertz CT molecular complexity index is 1030. The highest BCUT2D eigenvalue weighted by atomic mass is 19.1. The molecule has 0 atom stereocenters. The van der Waals surface area contributed by atoms with E-state index in [4.69, 9.17) is 0 Å². The van der Waals surface area contributed by atoms with Crippen molar-refractivity contribution in [2.24, 2.45) is 0 Å². The van der Waals surface area contributed by atoms with E-state index in [0.717, 1.165) is 22.3 Å². The van der Waals surface area contributed by atoms with Crippen LogP contribution in [0, 0.1) is 52.1 Å². The molecule has 0 amide bonds. The van der Waals surface area contributed by atoms with Crippen LogP contribution in [0.2, 0.25) is 0 Å². The molecule has 0 N–H and O–H groups in total. The Morgan fingerprint density at radius 1 is 0.607 bits per heavy atom. The summed E-state index contributed by atoms with van der Waals surface area (Å²) < 4.78 is 43.3. The molecule has 0 fully saturated rings. The van der Waals surface area contributed by atoms with Gasteiger partial charge >= 0.3 is 0 Å². The number of aryl methyl sites for hydroxylation is 5. The van der Waals surface area contributed by atoms with Crippen molar-refractivity contribution >= 4 is 0 Å². The standard InChI is InChI=1S/C25H25F3/c1-14-6-7-19(25(28)18(14)5)8-9-20-12-24(27)22(11-16(20)3)21-10-15(2)17(4)23(26)13-21/h6-7,10-13H,8-9H2,1-5H3. The van der Waals surface area contributed by atoms with Gasteiger partial charge in [-0.25, -0.2) is 13.2 Å². The van der Waals surface area contributed by atoms with E-state index in [2.05, 4.69) is 0 Å². The van der Waals surface area contributed by atoms with Crippen LogP contribution in [0.25, 0.3) is 11.1 Å². The highest BCUT2D eigenvalue weighted by molar-refractivity contribution is 5.67. The van der Waals surface area contributed by atoms with E-state index < -0.39 is 0 Å². The molecule has 3 aromatic carbocycles. The van der Waals surface area contributed by atoms with Gasteiger partial charge in [-0.15, -0.1) is 0 Å². The van der Waals surface area contributed by atoms with Crippen LogP contribution in [0.5, 0.6) is 0 Å². The largest absolute Gasteiger partial charge is 0.207 e. The molecule has 0 saturated carbocycles. The van der Waals surface area contributed by atoms with E-state index >= 15 is 0 Å². The highest BCUT2D eigenvalue weighted by Gasteiger charge is 2.14. The Hall–Kier alpha value is -2.55.